The average Bonchev–Trinajstić information content (AvgIpc) is 3.37. The van der Waals surface area contributed by atoms with Gasteiger partial charge in [0.25, 0.3) is 0 Å². The van der Waals surface area contributed by atoms with Gasteiger partial charge in [0.15, 0.2) is 0 Å². The van der Waals surface area contributed by atoms with Gasteiger partial charge in [-0.3, -0.25) is 9.69 Å². The number of piperidine rings is 1. The summed E-state index contributed by atoms with van der Waals surface area (Å²) in [6, 6.07) is 24.9. The van der Waals surface area contributed by atoms with Crippen molar-refractivity contribution < 1.29 is 14.1 Å². The molecule has 1 aliphatic rings. The zero-order chi connectivity index (χ0) is 24.7. The van der Waals surface area contributed by atoms with E-state index in [0.29, 0.717) is 29.9 Å². The molecule has 1 fully saturated rings. The molecular weight excluding hydrogens is 476 g/mol. The number of benzene rings is 3. The van der Waals surface area contributed by atoms with E-state index in [1.165, 1.54) is 0 Å². The highest BCUT2D eigenvalue weighted by molar-refractivity contribution is 6.33. The van der Waals surface area contributed by atoms with Crippen molar-refractivity contribution in [2.75, 3.05) is 18.4 Å². The lowest BCUT2D eigenvalue weighted by Crippen LogP contribution is -2.37. The van der Waals surface area contributed by atoms with Gasteiger partial charge in [0.05, 0.1) is 11.6 Å². The number of ether oxygens (including phenoxy) is 1. The molecule has 0 radical (unpaired) electrons. The Labute approximate surface area is 215 Å². The summed E-state index contributed by atoms with van der Waals surface area (Å²) in [5.74, 6) is 1.82. The average molecular weight is 503 g/mol. The van der Waals surface area contributed by atoms with Gasteiger partial charge >= 0.3 is 0 Å². The molecule has 0 atom stereocenters. The predicted octanol–water partition coefficient (Wildman–Crippen LogP) is 5.82. The Morgan fingerprint density at radius 2 is 1.72 bits per heavy atom. The number of hydrogen-bond acceptors (Lipinski definition) is 6. The Morgan fingerprint density at radius 1 is 1.00 bits per heavy atom. The normalized spacial score (nSPS) is 14.5. The molecule has 3 aromatic carbocycles. The fourth-order valence-corrected chi connectivity index (χ4v) is 4.46. The maximum Gasteiger partial charge on any atom is 0.241 e. The summed E-state index contributed by atoms with van der Waals surface area (Å²) in [4.78, 5) is 19.5. The third-order valence-electron chi connectivity index (χ3n) is 6.27. The number of likely N-dealkylation sites (tertiary alicyclic amines) is 1. The lowest BCUT2D eigenvalue weighted by Gasteiger charge is -2.30. The molecule has 7 nitrogen and oxygen atoms in total. The second-order valence-electron chi connectivity index (χ2n) is 8.83. The van der Waals surface area contributed by atoms with Gasteiger partial charge in [-0.1, -0.05) is 59.2 Å². The number of carbonyl (C=O) groups excluding carboxylic acids is 1. The van der Waals surface area contributed by atoms with E-state index in [2.05, 4.69) is 20.4 Å². The van der Waals surface area contributed by atoms with Gasteiger partial charge in [-0.25, -0.2) is 0 Å². The monoisotopic (exact) mass is 502 g/mol. The molecule has 2 heterocycles. The van der Waals surface area contributed by atoms with Gasteiger partial charge in [-0.05, 0) is 67.9 Å². The molecule has 0 aliphatic carbocycles. The zero-order valence-electron chi connectivity index (χ0n) is 19.8. The summed E-state index contributed by atoms with van der Waals surface area (Å²) in [6.07, 6.45) is 1.55. The van der Waals surface area contributed by atoms with Crippen LogP contribution < -0.4 is 10.1 Å². The van der Waals surface area contributed by atoms with Crippen LogP contribution in [0.4, 0.5) is 5.69 Å². The van der Waals surface area contributed by atoms with E-state index in [1.807, 2.05) is 72.8 Å². The van der Waals surface area contributed by atoms with Crippen LogP contribution in [-0.4, -0.2) is 34.0 Å². The standard InChI is InChI=1S/C28H27ClN4O3/c29-25-9-5-4-8-24(25)27-31-26(36-32-27)18-33-16-14-21(15-17-33)28(34)30-22-10-12-23(13-11-22)35-19-20-6-2-1-3-7-20/h1-13,21H,14-19H2,(H,30,34). The van der Waals surface area contributed by atoms with Gasteiger partial charge < -0.3 is 14.6 Å². The van der Waals surface area contributed by atoms with E-state index in [1.54, 1.807) is 6.07 Å². The number of hydrogen-bond donors (Lipinski definition) is 1. The molecular formula is C28H27ClN4O3. The van der Waals surface area contributed by atoms with E-state index in [0.717, 1.165) is 48.5 Å². The highest BCUT2D eigenvalue weighted by atomic mass is 35.5. The van der Waals surface area contributed by atoms with Crippen LogP contribution in [0.3, 0.4) is 0 Å². The summed E-state index contributed by atoms with van der Waals surface area (Å²) >= 11 is 6.23. The summed E-state index contributed by atoms with van der Waals surface area (Å²) < 4.78 is 11.3. The molecule has 0 unspecified atom stereocenters. The number of halogens is 1. The van der Waals surface area contributed by atoms with E-state index < -0.39 is 0 Å². The lowest BCUT2D eigenvalue weighted by atomic mass is 9.96. The van der Waals surface area contributed by atoms with Crippen molar-refractivity contribution in [1.82, 2.24) is 15.0 Å². The first-order valence-electron chi connectivity index (χ1n) is 12.0. The number of nitrogens with zero attached hydrogens (tertiary/aromatic N) is 3. The largest absolute Gasteiger partial charge is 0.489 e. The molecule has 0 bridgehead atoms. The molecule has 1 aliphatic heterocycles. The van der Waals surface area contributed by atoms with Crippen LogP contribution in [0.15, 0.2) is 83.4 Å². The van der Waals surface area contributed by atoms with Crippen molar-refractivity contribution in [2.45, 2.75) is 26.0 Å². The van der Waals surface area contributed by atoms with Gasteiger partial charge in [-0.2, -0.15) is 4.98 Å². The lowest BCUT2D eigenvalue weighted by molar-refractivity contribution is -0.121. The van der Waals surface area contributed by atoms with Crippen molar-refractivity contribution in [1.29, 1.82) is 0 Å². The Hall–Kier alpha value is -3.68. The number of rotatable bonds is 8. The van der Waals surface area contributed by atoms with Gasteiger partial charge in [0.1, 0.15) is 12.4 Å². The fraction of sp³-hybridized carbons (Fsp3) is 0.250. The minimum atomic E-state index is -0.0309. The van der Waals surface area contributed by atoms with Crippen molar-refractivity contribution in [3.63, 3.8) is 0 Å². The number of nitrogens with one attached hydrogen (secondary N) is 1. The Morgan fingerprint density at radius 3 is 2.47 bits per heavy atom. The van der Waals surface area contributed by atoms with Crippen molar-refractivity contribution in [2.24, 2.45) is 5.92 Å². The molecule has 1 amide bonds. The van der Waals surface area contributed by atoms with Crippen LogP contribution >= 0.6 is 11.6 Å². The summed E-state index contributed by atoms with van der Waals surface area (Å²) in [5.41, 5.74) is 2.63. The minimum Gasteiger partial charge on any atom is -0.489 e. The second-order valence-corrected chi connectivity index (χ2v) is 9.24. The molecule has 8 heteroatoms. The Kier molecular flexibility index (Phi) is 7.59. The number of aromatic nitrogens is 2. The van der Waals surface area contributed by atoms with Crippen molar-refractivity contribution in [3.8, 4) is 17.1 Å². The highest BCUT2D eigenvalue weighted by Crippen LogP contribution is 2.26. The molecule has 184 valence electrons. The van der Waals surface area contributed by atoms with Crippen LogP contribution in [0.25, 0.3) is 11.4 Å². The Bertz CT molecular complexity index is 1290. The smallest absolute Gasteiger partial charge is 0.241 e. The fourth-order valence-electron chi connectivity index (χ4n) is 4.24. The van der Waals surface area contributed by atoms with Crippen LogP contribution in [0.1, 0.15) is 24.3 Å². The number of anilines is 1. The second kappa shape index (κ2) is 11.4. The topological polar surface area (TPSA) is 80.5 Å². The van der Waals surface area contributed by atoms with E-state index in [-0.39, 0.29) is 11.8 Å². The van der Waals surface area contributed by atoms with Gasteiger partial charge in [0, 0.05) is 17.2 Å². The van der Waals surface area contributed by atoms with Crippen LogP contribution in [0.5, 0.6) is 5.75 Å². The molecule has 4 aromatic rings. The minimum absolute atomic E-state index is 0.0309. The van der Waals surface area contributed by atoms with Crippen LogP contribution in [0, 0.1) is 5.92 Å². The van der Waals surface area contributed by atoms with Crippen molar-refractivity contribution in [3.05, 3.63) is 95.3 Å². The summed E-state index contributed by atoms with van der Waals surface area (Å²) in [6.45, 7) is 2.63. The van der Waals surface area contributed by atoms with E-state index in [9.17, 15) is 4.79 Å². The molecule has 1 N–H and O–H groups in total. The first-order valence-corrected chi connectivity index (χ1v) is 12.4. The highest BCUT2D eigenvalue weighted by Gasteiger charge is 2.26. The SMILES string of the molecule is O=C(Nc1ccc(OCc2ccccc2)cc1)C1CCN(Cc2nc(-c3ccccc3Cl)no2)CC1. The maximum absolute atomic E-state index is 12.8. The predicted molar refractivity (Wildman–Crippen MR) is 139 cm³/mol. The molecule has 5 rings (SSSR count). The number of amides is 1. The van der Waals surface area contributed by atoms with E-state index in [4.69, 9.17) is 20.9 Å². The van der Waals surface area contributed by atoms with E-state index >= 15 is 0 Å². The third kappa shape index (κ3) is 6.11. The van der Waals surface area contributed by atoms with Crippen LogP contribution in [-0.2, 0) is 17.9 Å². The molecule has 36 heavy (non-hydrogen) atoms. The summed E-state index contributed by atoms with van der Waals surface area (Å²) in [7, 11) is 0. The van der Waals surface area contributed by atoms with Crippen LogP contribution in [0.2, 0.25) is 5.02 Å². The summed E-state index contributed by atoms with van der Waals surface area (Å²) in [5, 5.41) is 7.69. The molecule has 0 saturated carbocycles. The maximum atomic E-state index is 12.8. The first kappa shape index (κ1) is 24.0. The third-order valence-corrected chi connectivity index (χ3v) is 6.60. The zero-order valence-corrected chi connectivity index (χ0v) is 20.5. The number of carbonyl (C=O) groups is 1. The molecule has 1 saturated heterocycles. The Balaban J connectivity index is 1.07. The molecule has 1 aromatic heterocycles. The molecule has 0 spiro atoms. The van der Waals surface area contributed by atoms with Gasteiger partial charge in [-0.15, -0.1) is 0 Å². The van der Waals surface area contributed by atoms with Crippen molar-refractivity contribution >= 4 is 23.2 Å². The van der Waals surface area contributed by atoms with Gasteiger partial charge in [0.2, 0.25) is 17.6 Å². The first-order chi connectivity index (χ1) is 17.6. The quantitative estimate of drug-likeness (QED) is 0.327.